The molecule has 1 atom stereocenters. The number of fused-ring (bicyclic) bond motifs is 2. The number of benzene rings is 2. The summed E-state index contributed by atoms with van der Waals surface area (Å²) in [6, 6.07) is 10.5. The maximum Gasteiger partial charge on any atom is 0.219 e. The lowest BCUT2D eigenvalue weighted by atomic mass is 9.76. The van der Waals surface area contributed by atoms with E-state index < -0.39 is 0 Å². The van der Waals surface area contributed by atoms with Crippen LogP contribution in [0.4, 0.5) is 0 Å². The average molecular weight is 323 g/mol. The number of hydrogen-bond donors (Lipinski definition) is 0. The third-order valence-electron chi connectivity index (χ3n) is 5.23. The van der Waals surface area contributed by atoms with Gasteiger partial charge < -0.3 is 14.4 Å². The van der Waals surface area contributed by atoms with E-state index in [-0.39, 0.29) is 11.9 Å². The van der Waals surface area contributed by atoms with Crippen LogP contribution in [0, 0.1) is 0 Å². The Morgan fingerprint density at radius 2 is 1.96 bits per heavy atom. The van der Waals surface area contributed by atoms with E-state index in [1.165, 1.54) is 22.3 Å². The van der Waals surface area contributed by atoms with Gasteiger partial charge in [-0.2, -0.15) is 0 Å². The highest BCUT2D eigenvalue weighted by molar-refractivity contribution is 5.85. The number of nitrogens with zero attached hydrogens (tertiary/aromatic N) is 1. The molecule has 1 aliphatic carbocycles. The molecular formula is C20H21NO3. The Hall–Kier alpha value is -2.49. The highest BCUT2D eigenvalue weighted by atomic mass is 16.5. The molecule has 0 fully saturated rings. The Morgan fingerprint density at radius 3 is 2.67 bits per heavy atom. The fourth-order valence-corrected chi connectivity index (χ4v) is 4.21. The molecular weight excluding hydrogens is 302 g/mol. The van der Waals surface area contributed by atoms with Gasteiger partial charge in [-0.05, 0) is 41.2 Å². The van der Waals surface area contributed by atoms with Gasteiger partial charge in [-0.25, -0.2) is 0 Å². The van der Waals surface area contributed by atoms with Crippen LogP contribution in [0.1, 0.15) is 29.7 Å². The Kier molecular flexibility index (Phi) is 3.48. The molecule has 0 saturated heterocycles. The van der Waals surface area contributed by atoms with Gasteiger partial charge in [0.05, 0.1) is 20.3 Å². The van der Waals surface area contributed by atoms with Crippen molar-refractivity contribution in [3.8, 4) is 22.6 Å². The fourth-order valence-electron chi connectivity index (χ4n) is 4.21. The standard InChI is InChI=1S/C20H21NO3/c1-12(22)21-9-8-14-11-17(23-2)20(24-3)19-15-7-5-4-6-13(15)10-16(21)18(14)19/h4-7,11,16H,8-10H2,1-3H3/t16-/m1/s1. The largest absolute Gasteiger partial charge is 0.493 e. The predicted octanol–water partition coefficient (Wildman–Crippen LogP) is 3.37. The number of methoxy groups -OCH3 is 2. The second-order valence-electron chi connectivity index (χ2n) is 6.40. The van der Waals surface area contributed by atoms with Gasteiger partial charge in [-0.1, -0.05) is 24.3 Å². The zero-order valence-electron chi connectivity index (χ0n) is 14.3. The first kappa shape index (κ1) is 15.1. The van der Waals surface area contributed by atoms with Crippen LogP contribution < -0.4 is 9.47 Å². The van der Waals surface area contributed by atoms with Gasteiger partial charge >= 0.3 is 0 Å². The molecule has 2 aromatic rings. The maximum atomic E-state index is 12.2. The van der Waals surface area contributed by atoms with Crippen LogP contribution in [0.25, 0.3) is 11.1 Å². The van der Waals surface area contributed by atoms with Crippen LogP contribution in [0.2, 0.25) is 0 Å². The molecule has 0 radical (unpaired) electrons. The zero-order valence-corrected chi connectivity index (χ0v) is 14.3. The van der Waals surface area contributed by atoms with Gasteiger partial charge in [0.15, 0.2) is 11.5 Å². The predicted molar refractivity (Wildman–Crippen MR) is 92.5 cm³/mol. The number of amides is 1. The van der Waals surface area contributed by atoms with Crippen molar-refractivity contribution < 1.29 is 14.3 Å². The van der Waals surface area contributed by atoms with Crippen LogP contribution in [-0.2, 0) is 17.6 Å². The first-order valence-electron chi connectivity index (χ1n) is 8.29. The minimum Gasteiger partial charge on any atom is -0.493 e. The van der Waals surface area contributed by atoms with Crippen LogP contribution in [0.15, 0.2) is 30.3 Å². The first-order chi connectivity index (χ1) is 11.7. The number of ether oxygens (including phenoxy) is 2. The lowest BCUT2D eigenvalue weighted by Gasteiger charge is -2.42. The molecule has 0 unspecified atom stereocenters. The lowest BCUT2D eigenvalue weighted by molar-refractivity contribution is -0.131. The van der Waals surface area contributed by atoms with E-state index in [9.17, 15) is 4.79 Å². The van der Waals surface area contributed by atoms with Crippen LogP contribution in [0.3, 0.4) is 0 Å². The number of rotatable bonds is 2. The third-order valence-corrected chi connectivity index (χ3v) is 5.23. The Labute approximate surface area is 142 Å². The van der Waals surface area contributed by atoms with E-state index in [4.69, 9.17) is 9.47 Å². The zero-order chi connectivity index (χ0) is 16.8. The molecule has 0 saturated carbocycles. The van der Waals surface area contributed by atoms with Gasteiger partial charge in [0.2, 0.25) is 5.91 Å². The van der Waals surface area contributed by atoms with Crippen molar-refractivity contribution in [1.29, 1.82) is 0 Å². The molecule has 0 N–H and O–H groups in total. The van der Waals surface area contributed by atoms with Gasteiger partial charge in [0, 0.05) is 19.0 Å². The van der Waals surface area contributed by atoms with E-state index >= 15 is 0 Å². The fraction of sp³-hybridized carbons (Fsp3) is 0.350. The summed E-state index contributed by atoms with van der Waals surface area (Å²) in [4.78, 5) is 14.2. The molecule has 124 valence electrons. The number of hydrogen-bond acceptors (Lipinski definition) is 3. The smallest absolute Gasteiger partial charge is 0.219 e. The number of carbonyl (C=O) groups is 1. The SMILES string of the molecule is COc1cc2c3c(c1OC)-c1ccccc1C[C@H]3N(C(C)=O)CC2. The molecule has 2 aromatic carbocycles. The summed E-state index contributed by atoms with van der Waals surface area (Å²) in [5.41, 5.74) is 6.02. The summed E-state index contributed by atoms with van der Waals surface area (Å²) < 4.78 is 11.3. The van der Waals surface area contributed by atoms with E-state index in [1.807, 2.05) is 4.90 Å². The highest BCUT2D eigenvalue weighted by Crippen LogP contribution is 2.52. The monoisotopic (exact) mass is 323 g/mol. The molecule has 0 aromatic heterocycles. The second kappa shape index (κ2) is 5.55. The normalized spacial score (nSPS) is 17.8. The molecule has 1 amide bonds. The Bertz CT molecular complexity index is 828. The van der Waals surface area contributed by atoms with E-state index in [0.29, 0.717) is 0 Å². The van der Waals surface area contributed by atoms with Gasteiger partial charge in [-0.3, -0.25) is 4.79 Å². The Balaban J connectivity index is 2.06. The lowest BCUT2D eigenvalue weighted by Crippen LogP contribution is -2.41. The van der Waals surface area contributed by atoms with Crippen LogP contribution in [-0.4, -0.2) is 31.6 Å². The van der Waals surface area contributed by atoms with Crippen molar-refractivity contribution in [1.82, 2.24) is 4.90 Å². The summed E-state index contributed by atoms with van der Waals surface area (Å²) in [5.74, 6) is 1.66. The van der Waals surface area contributed by atoms with Crippen molar-refractivity contribution in [3.05, 3.63) is 47.0 Å². The third kappa shape index (κ3) is 2.02. The molecule has 4 heteroatoms. The molecule has 1 heterocycles. The topological polar surface area (TPSA) is 38.8 Å². The van der Waals surface area contributed by atoms with E-state index in [0.717, 1.165) is 36.4 Å². The number of carbonyl (C=O) groups excluding carboxylic acids is 1. The molecule has 0 bridgehead atoms. The van der Waals surface area contributed by atoms with Crippen LogP contribution >= 0.6 is 0 Å². The summed E-state index contributed by atoms with van der Waals surface area (Å²) in [7, 11) is 3.35. The summed E-state index contributed by atoms with van der Waals surface area (Å²) in [6.07, 6.45) is 1.70. The van der Waals surface area contributed by atoms with Gasteiger partial charge in [0.1, 0.15) is 0 Å². The summed E-state index contributed by atoms with van der Waals surface area (Å²) >= 11 is 0. The molecule has 1 aliphatic heterocycles. The van der Waals surface area contributed by atoms with E-state index in [2.05, 4.69) is 30.3 Å². The summed E-state index contributed by atoms with van der Waals surface area (Å²) in [5, 5.41) is 0. The minimum atomic E-state index is 0.0796. The van der Waals surface area contributed by atoms with Crippen molar-refractivity contribution in [2.75, 3.05) is 20.8 Å². The quantitative estimate of drug-likeness (QED) is 0.850. The van der Waals surface area contributed by atoms with Gasteiger partial charge in [0.25, 0.3) is 0 Å². The second-order valence-corrected chi connectivity index (χ2v) is 6.40. The molecule has 24 heavy (non-hydrogen) atoms. The maximum absolute atomic E-state index is 12.2. The first-order valence-corrected chi connectivity index (χ1v) is 8.29. The van der Waals surface area contributed by atoms with Crippen molar-refractivity contribution in [2.24, 2.45) is 0 Å². The molecule has 2 aliphatic rings. The molecule has 4 nitrogen and oxygen atoms in total. The van der Waals surface area contributed by atoms with Crippen molar-refractivity contribution >= 4 is 5.91 Å². The Morgan fingerprint density at radius 1 is 1.17 bits per heavy atom. The highest BCUT2D eigenvalue weighted by Gasteiger charge is 2.38. The average Bonchev–Trinajstić information content (AvgIpc) is 2.60. The summed E-state index contributed by atoms with van der Waals surface area (Å²) in [6.45, 7) is 2.41. The van der Waals surface area contributed by atoms with E-state index in [1.54, 1.807) is 21.1 Å². The van der Waals surface area contributed by atoms with Crippen molar-refractivity contribution in [2.45, 2.75) is 25.8 Å². The minimum absolute atomic E-state index is 0.0796. The van der Waals surface area contributed by atoms with Gasteiger partial charge in [-0.15, -0.1) is 0 Å². The molecule has 4 rings (SSSR count). The molecule has 0 spiro atoms. The van der Waals surface area contributed by atoms with Crippen molar-refractivity contribution in [3.63, 3.8) is 0 Å². The van der Waals surface area contributed by atoms with Crippen LogP contribution in [0.5, 0.6) is 11.5 Å².